The normalized spacial score (nSPS) is 15.0. The molecule has 6 nitrogen and oxygen atoms in total. The average molecular weight is 375 g/mol. The summed E-state index contributed by atoms with van der Waals surface area (Å²) >= 11 is 0. The van der Waals surface area contributed by atoms with Gasteiger partial charge in [0.1, 0.15) is 0 Å². The summed E-state index contributed by atoms with van der Waals surface area (Å²) in [4.78, 5) is 12.6. The number of methoxy groups -OCH3 is 1. The van der Waals surface area contributed by atoms with Gasteiger partial charge in [-0.15, -0.1) is 0 Å². The van der Waals surface area contributed by atoms with E-state index >= 15 is 0 Å². The van der Waals surface area contributed by atoms with Crippen LogP contribution in [0.4, 0.5) is 0 Å². The van der Waals surface area contributed by atoms with Gasteiger partial charge < -0.3 is 9.47 Å². The van der Waals surface area contributed by atoms with Crippen LogP contribution in [0.25, 0.3) is 0 Å². The number of carbonyl (C=O) groups excluding carboxylic acids is 1. The zero-order chi connectivity index (χ0) is 18.7. The summed E-state index contributed by atoms with van der Waals surface area (Å²) in [6, 6.07) is 11.2. The predicted octanol–water partition coefficient (Wildman–Crippen LogP) is 3.01. The Hall–Kier alpha value is -2.38. The minimum atomic E-state index is -3.59. The number of hydrogen-bond donors (Lipinski definition) is 0. The molecule has 0 bridgehead atoms. The standard InChI is InChI=1S/C19H21NO5S/c1-14-8-9-17(18(12-14)24-2)25-19(21)15-6-5-7-16(13-15)26(22,23)20-10-3-4-11-20/h5-9,12-13H,3-4,10-11H2,1-2H3. The molecule has 0 atom stereocenters. The number of benzene rings is 2. The molecule has 2 aromatic carbocycles. The van der Waals surface area contributed by atoms with Gasteiger partial charge in [0.25, 0.3) is 0 Å². The first-order chi connectivity index (χ1) is 12.4. The highest BCUT2D eigenvalue weighted by molar-refractivity contribution is 7.89. The molecule has 1 aliphatic heterocycles. The minimum absolute atomic E-state index is 0.102. The lowest BCUT2D eigenvalue weighted by Gasteiger charge is -2.16. The monoisotopic (exact) mass is 375 g/mol. The number of sulfonamides is 1. The third-order valence-electron chi connectivity index (χ3n) is 4.29. The molecular weight excluding hydrogens is 354 g/mol. The van der Waals surface area contributed by atoms with E-state index in [1.54, 1.807) is 24.3 Å². The molecule has 1 saturated heterocycles. The molecule has 0 radical (unpaired) electrons. The van der Waals surface area contributed by atoms with E-state index in [0.717, 1.165) is 18.4 Å². The lowest BCUT2D eigenvalue weighted by atomic mass is 10.2. The molecule has 0 aliphatic carbocycles. The lowest BCUT2D eigenvalue weighted by molar-refractivity contribution is 0.0729. The summed E-state index contributed by atoms with van der Waals surface area (Å²) in [6.07, 6.45) is 1.71. The summed E-state index contributed by atoms with van der Waals surface area (Å²) in [5.41, 5.74) is 1.15. The van der Waals surface area contributed by atoms with Crippen LogP contribution < -0.4 is 9.47 Å². The maximum atomic E-state index is 12.7. The van der Waals surface area contributed by atoms with Gasteiger partial charge >= 0.3 is 5.97 Å². The summed E-state index contributed by atoms with van der Waals surface area (Å²) in [5, 5.41) is 0. The van der Waals surface area contributed by atoms with Gasteiger partial charge in [0, 0.05) is 13.1 Å². The van der Waals surface area contributed by atoms with E-state index < -0.39 is 16.0 Å². The summed E-state index contributed by atoms with van der Waals surface area (Å²) < 4.78 is 37.4. The quantitative estimate of drug-likeness (QED) is 0.593. The third kappa shape index (κ3) is 3.73. The number of hydrogen-bond acceptors (Lipinski definition) is 5. The van der Waals surface area contributed by atoms with Gasteiger partial charge in [-0.1, -0.05) is 12.1 Å². The number of nitrogens with zero attached hydrogens (tertiary/aromatic N) is 1. The molecule has 2 aromatic rings. The van der Waals surface area contributed by atoms with E-state index in [2.05, 4.69) is 0 Å². The molecule has 0 aromatic heterocycles. The van der Waals surface area contributed by atoms with Crippen molar-refractivity contribution in [2.24, 2.45) is 0 Å². The molecule has 0 saturated carbocycles. The Bertz CT molecular complexity index is 917. The van der Waals surface area contributed by atoms with Gasteiger partial charge in [-0.3, -0.25) is 0 Å². The molecule has 138 valence electrons. The second-order valence-corrected chi connectivity index (χ2v) is 8.12. The SMILES string of the molecule is COc1cc(C)ccc1OC(=O)c1cccc(S(=O)(=O)N2CCCC2)c1. The van der Waals surface area contributed by atoms with Crippen molar-refractivity contribution in [2.45, 2.75) is 24.7 Å². The first kappa shape index (κ1) is 18.4. The summed E-state index contributed by atoms with van der Waals surface area (Å²) in [5.74, 6) is 0.0979. The van der Waals surface area contributed by atoms with Gasteiger partial charge in [-0.2, -0.15) is 4.31 Å². The van der Waals surface area contributed by atoms with Crippen LogP contribution in [-0.2, 0) is 10.0 Å². The molecule has 3 rings (SSSR count). The van der Waals surface area contributed by atoms with E-state index in [0.29, 0.717) is 18.8 Å². The zero-order valence-electron chi connectivity index (χ0n) is 14.8. The van der Waals surface area contributed by atoms with Crippen molar-refractivity contribution in [3.63, 3.8) is 0 Å². The van der Waals surface area contributed by atoms with Gasteiger partial charge in [0.2, 0.25) is 10.0 Å². The smallest absolute Gasteiger partial charge is 0.343 e. The summed E-state index contributed by atoms with van der Waals surface area (Å²) in [6.45, 7) is 2.93. The highest BCUT2D eigenvalue weighted by Crippen LogP contribution is 2.29. The highest BCUT2D eigenvalue weighted by atomic mass is 32.2. The maximum absolute atomic E-state index is 12.7. The number of ether oxygens (including phenoxy) is 2. The van der Waals surface area contributed by atoms with E-state index in [4.69, 9.17) is 9.47 Å². The van der Waals surface area contributed by atoms with Crippen molar-refractivity contribution in [2.75, 3.05) is 20.2 Å². The fourth-order valence-electron chi connectivity index (χ4n) is 2.88. The fraction of sp³-hybridized carbons (Fsp3) is 0.316. The van der Waals surface area contributed by atoms with Crippen molar-refractivity contribution in [3.05, 3.63) is 53.6 Å². The van der Waals surface area contributed by atoms with Crippen molar-refractivity contribution >= 4 is 16.0 Å². The predicted molar refractivity (Wildman–Crippen MR) is 97.1 cm³/mol. The number of esters is 1. The Morgan fingerprint density at radius 2 is 1.77 bits per heavy atom. The van der Waals surface area contributed by atoms with Gasteiger partial charge in [0.05, 0.1) is 17.6 Å². The Balaban J connectivity index is 1.85. The zero-order valence-corrected chi connectivity index (χ0v) is 15.6. The molecule has 7 heteroatoms. The van der Waals surface area contributed by atoms with Crippen LogP contribution in [0.3, 0.4) is 0 Å². The van der Waals surface area contributed by atoms with Gasteiger partial charge in [-0.25, -0.2) is 13.2 Å². The Morgan fingerprint density at radius 3 is 2.46 bits per heavy atom. The molecule has 0 amide bonds. The number of rotatable bonds is 5. The lowest BCUT2D eigenvalue weighted by Crippen LogP contribution is -2.28. The van der Waals surface area contributed by atoms with Crippen LogP contribution in [-0.4, -0.2) is 38.9 Å². The van der Waals surface area contributed by atoms with Crippen molar-refractivity contribution in [3.8, 4) is 11.5 Å². The molecule has 1 fully saturated rings. The Morgan fingerprint density at radius 1 is 1.04 bits per heavy atom. The van der Waals surface area contributed by atoms with Crippen LogP contribution >= 0.6 is 0 Å². The second-order valence-electron chi connectivity index (χ2n) is 6.18. The first-order valence-corrected chi connectivity index (χ1v) is 9.83. The first-order valence-electron chi connectivity index (χ1n) is 8.39. The average Bonchev–Trinajstić information content (AvgIpc) is 3.18. The minimum Gasteiger partial charge on any atom is -0.493 e. The third-order valence-corrected chi connectivity index (χ3v) is 6.19. The molecule has 1 heterocycles. The number of carbonyl (C=O) groups is 1. The Labute approximate surface area is 153 Å². The van der Waals surface area contributed by atoms with Crippen molar-refractivity contribution < 1.29 is 22.7 Å². The van der Waals surface area contributed by atoms with Crippen molar-refractivity contribution in [1.29, 1.82) is 0 Å². The highest BCUT2D eigenvalue weighted by Gasteiger charge is 2.27. The molecule has 0 N–H and O–H groups in total. The fourth-order valence-corrected chi connectivity index (χ4v) is 4.44. The van der Waals surface area contributed by atoms with Crippen molar-refractivity contribution in [1.82, 2.24) is 4.31 Å². The van der Waals surface area contributed by atoms with Crippen LogP contribution in [0.2, 0.25) is 0 Å². The van der Waals surface area contributed by atoms with Crippen LogP contribution in [0.15, 0.2) is 47.4 Å². The topological polar surface area (TPSA) is 72.9 Å². The molecular formula is C19H21NO5S. The summed E-state index contributed by atoms with van der Waals surface area (Å²) in [7, 11) is -2.09. The molecule has 0 spiro atoms. The Kier molecular flexibility index (Phi) is 5.29. The van der Waals surface area contributed by atoms with Crippen LogP contribution in [0.5, 0.6) is 11.5 Å². The largest absolute Gasteiger partial charge is 0.493 e. The van der Waals surface area contributed by atoms with E-state index in [1.165, 1.54) is 29.6 Å². The second kappa shape index (κ2) is 7.47. The van der Waals surface area contributed by atoms with Gasteiger partial charge in [0.15, 0.2) is 11.5 Å². The molecule has 0 unspecified atom stereocenters. The van der Waals surface area contributed by atoms with Gasteiger partial charge in [-0.05, 0) is 55.7 Å². The number of aryl methyl sites for hydroxylation is 1. The van der Waals surface area contributed by atoms with E-state index in [-0.39, 0.29) is 16.2 Å². The maximum Gasteiger partial charge on any atom is 0.343 e. The van der Waals surface area contributed by atoms with E-state index in [9.17, 15) is 13.2 Å². The van der Waals surface area contributed by atoms with E-state index in [1.807, 2.05) is 6.92 Å². The molecule has 26 heavy (non-hydrogen) atoms. The van der Waals surface area contributed by atoms with Crippen LogP contribution in [0, 0.1) is 6.92 Å². The molecule has 1 aliphatic rings. The van der Waals surface area contributed by atoms with Crippen LogP contribution in [0.1, 0.15) is 28.8 Å².